The van der Waals surface area contributed by atoms with E-state index in [1.54, 1.807) is 7.11 Å². The second-order valence-electron chi connectivity index (χ2n) is 5.33. The number of thiol groups is 1. The maximum absolute atomic E-state index is 11.0. The molecule has 24 heavy (non-hydrogen) atoms. The van der Waals surface area contributed by atoms with Crippen molar-refractivity contribution in [1.29, 1.82) is 0 Å². The van der Waals surface area contributed by atoms with Gasteiger partial charge >= 0.3 is 8.56 Å². The van der Waals surface area contributed by atoms with Crippen molar-refractivity contribution in [1.82, 2.24) is 0 Å². The van der Waals surface area contributed by atoms with Gasteiger partial charge in [-0.25, -0.2) is 0 Å². The summed E-state index contributed by atoms with van der Waals surface area (Å²) in [6.45, 7) is 0. The van der Waals surface area contributed by atoms with Crippen LogP contribution in [0.4, 0.5) is 0 Å². The lowest BCUT2D eigenvalue weighted by Crippen LogP contribution is -2.60. The molecule has 1 unspecified atom stereocenters. The topological polar surface area (TPSA) is 38.7 Å². The van der Waals surface area contributed by atoms with Gasteiger partial charge in [0, 0.05) is 12.0 Å². The predicted octanol–water partition coefficient (Wildman–Crippen LogP) is 2.96. The van der Waals surface area contributed by atoms with Crippen molar-refractivity contribution < 1.29 is 14.0 Å². The van der Waals surface area contributed by atoms with Gasteiger partial charge in [-0.3, -0.25) is 0 Å². The Hall–Kier alpha value is -2.05. The lowest BCUT2D eigenvalue weighted by atomic mass is 10.3. The smallest absolute Gasteiger partial charge is 0.404 e. The zero-order valence-electron chi connectivity index (χ0n) is 13.2. The molecule has 0 saturated carbocycles. The number of ether oxygens (including phenoxy) is 1. The fourth-order valence-electron chi connectivity index (χ4n) is 2.47. The van der Waals surface area contributed by atoms with E-state index < -0.39 is 8.56 Å². The Bertz CT molecular complexity index is 791. The van der Waals surface area contributed by atoms with Crippen molar-refractivity contribution in [3.05, 3.63) is 78.9 Å². The molecule has 122 valence electrons. The van der Waals surface area contributed by atoms with Crippen LogP contribution in [0.1, 0.15) is 0 Å². The van der Waals surface area contributed by atoms with Gasteiger partial charge in [0.25, 0.3) is 0 Å². The summed E-state index contributed by atoms with van der Waals surface area (Å²) in [7, 11) is -1.62. The second kappa shape index (κ2) is 7.23. The van der Waals surface area contributed by atoms with E-state index in [4.69, 9.17) is 9.16 Å². The van der Waals surface area contributed by atoms with Gasteiger partial charge in [-0.1, -0.05) is 42.5 Å². The largest absolute Gasteiger partial charge is 0.457 e. The molecule has 3 aromatic carbocycles. The van der Waals surface area contributed by atoms with E-state index in [1.807, 2.05) is 78.9 Å². The monoisotopic (exact) mass is 354 g/mol. The molecule has 1 atom stereocenters. The molecule has 0 heterocycles. The quantitative estimate of drug-likeness (QED) is 0.547. The molecule has 3 rings (SSSR count). The summed E-state index contributed by atoms with van der Waals surface area (Å²) in [5.74, 6) is 1.44. The highest BCUT2D eigenvalue weighted by molar-refractivity contribution is 7.80. The van der Waals surface area contributed by atoms with Crippen LogP contribution < -0.4 is 15.1 Å². The first-order valence-electron chi connectivity index (χ1n) is 7.52. The Balaban J connectivity index is 1.84. The van der Waals surface area contributed by atoms with Crippen LogP contribution in [-0.2, 0) is 4.43 Å². The zero-order valence-corrected chi connectivity index (χ0v) is 15.1. The van der Waals surface area contributed by atoms with Crippen LogP contribution >= 0.6 is 12.6 Å². The predicted molar refractivity (Wildman–Crippen MR) is 101 cm³/mol. The summed E-state index contributed by atoms with van der Waals surface area (Å²) >= 11 is 4.26. The molecule has 0 fully saturated rings. The third-order valence-corrected chi connectivity index (χ3v) is 6.90. The zero-order chi connectivity index (χ0) is 17.0. The first-order chi connectivity index (χ1) is 11.6. The van der Waals surface area contributed by atoms with Gasteiger partial charge in [-0.2, -0.15) is 0 Å². The lowest BCUT2D eigenvalue weighted by molar-refractivity contribution is 0.321. The van der Waals surface area contributed by atoms with Crippen molar-refractivity contribution in [2.24, 2.45) is 0 Å². The van der Waals surface area contributed by atoms with Crippen LogP contribution in [0, 0.1) is 0 Å². The number of benzene rings is 3. The van der Waals surface area contributed by atoms with Crippen molar-refractivity contribution in [2.75, 3.05) is 7.11 Å². The molecule has 1 N–H and O–H groups in total. The van der Waals surface area contributed by atoms with Crippen molar-refractivity contribution in [3.8, 4) is 11.5 Å². The summed E-state index contributed by atoms with van der Waals surface area (Å²) < 4.78 is 11.3. The summed E-state index contributed by atoms with van der Waals surface area (Å²) in [5.41, 5.74) is 0. The number of hydrogen-bond donors (Lipinski definition) is 2. The molecule has 0 radical (unpaired) electrons. The lowest BCUT2D eigenvalue weighted by Gasteiger charge is -2.23. The molecule has 0 aliphatic heterocycles. The van der Waals surface area contributed by atoms with Crippen LogP contribution in [0.5, 0.6) is 11.5 Å². The van der Waals surface area contributed by atoms with Gasteiger partial charge in [-0.15, -0.1) is 12.6 Å². The van der Waals surface area contributed by atoms with E-state index in [0.717, 1.165) is 21.0 Å². The minimum Gasteiger partial charge on any atom is -0.457 e. The number of rotatable bonds is 5. The Morgan fingerprint density at radius 2 is 1.25 bits per heavy atom. The highest BCUT2D eigenvalue weighted by atomic mass is 32.1. The van der Waals surface area contributed by atoms with Crippen LogP contribution in [0.15, 0.2) is 83.8 Å². The van der Waals surface area contributed by atoms with Gasteiger partial charge in [0.1, 0.15) is 11.5 Å². The normalized spacial score (nSPS) is 13.3. The molecule has 0 bridgehead atoms. The fraction of sp³-hybridized carbons (Fsp3) is 0.0526. The van der Waals surface area contributed by atoms with E-state index in [0.29, 0.717) is 5.75 Å². The third-order valence-electron chi connectivity index (χ3n) is 3.78. The van der Waals surface area contributed by atoms with Gasteiger partial charge < -0.3 is 14.0 Å². The molecule has 0 aliphatic carbocycles. The fourth-order valence-corrected chi connectivity index (χ4v) is 4.68. The maximum atomic E-state index is 11.0. The van der Waals surface area contributed by atoms with Crippen molar-refractivity contribution in [2.45, 2.75) is 4.90 Å². The molecule has 0 aliphatic rings. The van der Waals surface area contributed by atoms with Gasteiger partial charge in [0.05, 0.1) is 0 Å². The van der Waals surface area contributed by atoms with E-state index in [9.17, 15) is 4.80 Å². The summed E-state index contributed by atoms with van der Waals surface area (Å²) in [4.78, 5) is 11.9. The molecule has 0 amide bonds. The third kappa shape index (κ3) is 3.54. The second-order valence-corrected chi connectivity index (χ2v) is 8.70. The van der Waals surface area contributed by atoms with Gasteiger partial charge in [0.2, 0.25) is 0 Å². The standard InChI is InChI=1S/C19H18O3SSi/c1-21-24(20,18-5-3-2-4-6-18)19-13-9-16(10-14-19)22-15-7-11-17(23)12-8-15/h2-14,20,23H,1H3. The highest BCUT2D eigenvalue weighted by Gasteiger charge is 2.37. The van der Waals surface area contributed by atoms with Crippen LogP contribution in [0.25, 0.3) is 0 Å². The molecule has 3 aromatic rings. The van der Waals surface area contributed by atoms with Crippen LogP contribution in [0.2, 0.25) is 0 Å². The van der Waals surface area contributed by atoms with Gasteiger partial charge in [0.15, 0.2) is 0 Å². The summed E-state index contributed by atoms with van der Waals surface area (Å²) in [6.07, 6.45) is 0. The minimum absolute atomic E-state index is 0.700. The van der Waals surface area contributed by atoms with Gasteiger partial charge in [-0.05, 0) is 46.8 Å². The molecule has 3 nitrogen and oxygen atoms in total. The van der Waals surface area contributed by atoms with Crippen LogP contribution in [0.3, 0.4) is 0 Å². The maximum Gasteiger partial charge on any atom is 0.404 e. The Labute approximate surface area is 148 Å². The Morgan fingerprint density at radius 3 is 1.79 bits per heavy atom. The van der Waals surface area contributed by atoms with Crippen molar-refractivity contribution >= 4 is 31.6 Å². The summed E-state index contributed by atoms with van der Waals surface area (Å²) in [5, 5.41) is 1.58. The Kier molecular flexibility index (Phi) is 5.06. The summed E-state index contributed by atoms with van der Waals surface area (Å²) in [6, 6.07) is 24.3. The van der Waals surface area contributed by atoms with E-state index in [-0.39, 0.29) is 0 Å². The van der Waals surface area contributed by atoms with Crippen LogP contribution in [-0.4, -0.2) is 20.5 Å². The SMILES string of the molecule is CO[Si](O)(c1ccccc1)c1ccc(Oc2ccc(S)cc2)cc1. The van der Waals surface area contributed by atoms with E-state index in [2.05, 4.69) is 12.6 Å². The molecule has 0 saturated heterocycles. The highest BCUT2D eigenvalue weighted by Crippen LogP contribution is 2.22. The molecular weight excluding hydrogens is 336 g/mol. The minimum atomic E-state index is -3.16. The first kappa shape index (κ1) is 16.8. The molecule has 0 aromatic heterocycles. The Morgan fingerprint density at radius 1 is 0.750 bits per heavy atom. The average molecular weight is 355 g/mol. The number of hydrogen-bond acceptors (Lipinski definition) is 4. The first-order valence-corrected chi connectivity index (χ1v) is 9.82. The van der Waals surface area contributed by atoms with Crippen molar-refractivity contribution in [3.63, 3.8) is 0 Å². The molecular formula is C19H18O3SSi. The average Bonchev–Trinajstić information content (AvgIpc) is 2.64. The van der Waals surface area contributed by atoms with E-state index in [1.165, 1.54) is 0 Å². The van der Waals surface area contributed by atoms with E-state index >= 15 is 0 Å². The molecule has 0 spiro atoms. The molecule has 5 heteroatoms.